The molecular formula is C23H25ClO5. The number of ether oxygens (including phenoxy) is 2. The van der Waals surface area contributed by atoms with E-state index < -0.39 is 22.2 Å². The van der Waals surface area contributed by atoms with Crippen molar-refractivity contribution >= 4 is 29.1 Å². The Kier molecular flexibility index (Phi) is 7.20. The minimum absolute atomic E-state index is 0.00462. The molecule has 0 aliphatic rings. The van der Waals surface area contributed by atoms with Crippen LogP contribution in [0.4, 0.5) is 0 Å². The van der Waals surface area contributed by atoms with Crippen molar-refractivity contribution in [2.24, 2.45) is 0 Å². The number of alkyl halides is 1. The molecule has 29 heavy (non-hydrogen) atoms. The maximum Gasteiger partial charge on any atom is 0.335 e. The number of esters is 1. The Bertz CT molecular complexity index is 874. The molecule has 0 saturated heterocycles. The zero-order chi connectivity index (χ0) is 21.7. The summed E-state index contributed by atoms with van der Waals surface area (Å²) >= 11 is 6.29. The maximum atomic E-state index is 12.7. The summed E-state index contributed by atoms with van der Waals surface area (Å²) < 4.78 is 10.8. The Hall–Kier alpha value is -2.66. The highest BCUT2D eigenvalue weighted by molar-refractivity contribution is 6.45. The van der Waals surface area contributed by atoms with Gasteiger partial charge in [0, 0.05) is 12.0 Å². The second-order valence-corrected chi connectivity index (χ2v) is 7.85. The van der Waals surface area contributed by atoms with Gasteiger partial charge < -0.3 is 9.47 Å². The molecule has 2 aromatic rings. The SMILES string of the molecule is CCOC(=O)C(Cl)(Cc1ccc(OC(C)(C)C(=O)c2ccccc2)cc1)C(C)=O. The fourth-order valence-electron chi connectivity index (χ4n) is 2.82. The summed E-state index contributed by atoms with van der Waals surface area (Å²) in [7, 11) is 0. The largest absolute Gasteiger partial charge is 0.480 e. The van der Waals surface area contributed by atoms with Crippen molar-refractivity contribution in [1.82, 2.24) is 0 Å². The van der Waals surface area contributed by atoms with Crippen LogP contribution in [0.1, 0.15) is 43.6 Å². The Balaban J connectivity index is 2.14. The fourth-order valence-corrected chi connectivity index (χ4v) is 3.03. The van der Waals surface area contributed by atoms with Crippen LogP contribution in [0.15, 0.2) is 54.6 Å². The molecular weight excluding hydrogens is 392 g/mol. The molecule has 0 spiro atoms. The summed E-state index contributed by atoms with van der Waals surface area (Å²) in [4.78, 5) is 35.0. The van der Waals surface area contributed by atoms with Crippen LogP contribution in [-0.4, -0.2) is 34.6 Å². The highest BCUT2D eigenvalue weighted by atomic mass is 35.5. The van der Waals surface area contributed by atoms with Crippen LogP contribution in [0.25, 0.3) is 0 Å². The molecule has 1 unspecified atom stereocenters. The molecule has 2 aromatic carbocycles. The number of carbonyl (C=O) groups is 3. The van der Waals surface area contributed by atoms with Gasteiger partial charge in [-0.2, -0.15) is 0 Å². The Labute approximate surface area is 176 Å². The van der Waals surface area contributed by atoms with Gasteiger partial charge in [-0.15, -0.1) is 0 Å². The zero-order valence-corrected chi connectivity index (χ0v) is 17.8. The van der Waals surface area contributed by atoms with Crippen molar-refractivity contribution in [2.45, 2.75) is 44.6 Å². The van der Waals surface area contributed by atoms with Gasteiger partial charge in [-0.05, 0) is 45.4 Å². The molecule has 0 radical (unpaired) electrons. The van der Waals surface area contributed by atoms with Crippen LogP contribution in [0.2, 0.25) is 0 Å². The molecule has 0 amide bonds. The van der Waals surface area contributed by atoms with Crippen molar-refractivity contribution in [1.29, 1.82) is 0 Å². The molecule has 0 aliphatic carbocycles. The Morgan fingerprint density at radius 2 is 1.55 bits per heavy atom. The molecule has 0 aromatic heterocycles. The summed E-state index contributed by atoms with van der Waals surface area (Å²) in [5.74, 6) is -0.889. The third kappa shape index (κ3) is 5.45. The van der Waals surface area contributed by atoms with Crippen LogP contribution >= 0.6 is 11.6 Å². The maximum absolute atomic E-state index is 12.7. The van der Waals surface area contributed by atoms with Gasteiger partial charge in [0.1, 0.15) is 5.75 Å². The van der Waals surface area contributed by atoms with E-state index in [4.69, 9.17) is 21.1 Å². The number of hydrogen-bond donors (Lipinski definition) is 0. The van der Waals surface area contributed by atoms with Gasteiger partial charge in [0.05, 0.1) is 6.61 Å². The van der Waals surface area contributed by atoms with E-state index in [1.807, 2.05) is 6.07 Å². The lowest BCUT2D eigenvalue weighted by Crippen LogP contribution is -2.43. The molecule has 1 atom stereocenters. The number of halogens is 1. The first kappa shape index (κ1) is 22.6. The highest BCUT2D eigenvalue weighted by Gasteiger charge is 2.43. The van der Waals surface area contributed by atoms with E-state index in [-0.39, 0.29) is 18.8 Å². The van der Waals surface area contributed by atoms with Crippen molar-refractivity contribution in [3.05, 3.63) is 65.7 Å². The summed E-state index contributed by atoms with van der Waals surface area (Å²) in [5, 5.41) is 0. The number of Topliss-reactive ketones (excluding diaryl/α,β-unsaturated/α-hetero) is 2. The second kappa shape index (κ2) is 9.23. The van der Waals surface area contributed by atoms with Gasteiger partial charge in [0.15, 0.2) is 11.4 Å². The van der Waals surface area contributed by atoms with Gasteiger partial charge in [-0.3, -0.25) is 9.59 Å². The van der Waals surface area contributed by atoms with Crippen molar-refractivity contribution in [2.75, 3.05) is 6.61 Å². The van der Waals surface area contributed by atoms with Crippen molar-refractivity contribution in [3.63, 3.8) is 0 Å². The molecule has 0 fully saturated rings. The molecule has 0 heterocycles. The van der Waals surface area contributed by atoms with Crippen LogP contribution in [0.5, 0.6) is 5.75 Å². The average molecular weight is 417 g/mol. The zero-order valence-electron chi connectivity index (χ0n) is 17.0. The number of hydrogen-bond acceptors (Lipinski definition) is 5. The Morgan fingerprint density at radius 3 is 2.07 bits per heavy atom. The molecule has 0 N–H and O–H groups in total. The predicted octanol–water partition coefficient (Wildman–Crippen LogP) is 4.40. The van der Waals surface area contributed by atoms with E-state index in [9.17, 15) is 14.4 Å². The molecule has 0 aliphatic heterocycles. The minimum Gasteiger partial charge on any atom is -0.480 e. The van der Waals surface area contributed by atoms with Crippen LogP contribution < -0.4 is 4.74 Å². The monoisotopic (exact) mass is 416 g/mol. The smallest absolute Gasteiger partial charge is 0.335 e. The second-order valence-electron chi connectivity index (χ2n) is 7.21. The molecule has 0 bridgehead atoms. The third-order valence-electron chi connectivity index (χ3n) is 4.48. The third-order valence-corrected chi connectivity index (χ3v) is 5.04. The van der Waals surface area contributed by atoms with E-state index in [0.717, 1.165) is 0 Å². The standard InChI is InChI=1S/C23H25ClO5/c1-5-28-21(27)23(24,16(2)25)15-17-11-13-19(14-12-17)29-22(3,4)20(26)18-9-7-6-8-10-18/h6-14H,5,15H2,1-4H3. The van der Waals surface area contributed by atoms with Gasteiger partial charge in [-0.25, -0.2) is 4.79 Å². The van der Waals surface area contributed by atoms with Gasteiger partial charge in [0.25, 0.3) is 0 Å². The first-order valence-corrected chi connectivity index (χ1v) is 9.73. The van der Waals surface area contributed by atoms with Crippen molar-refractivity contribution < 1.29 is 23.9 Å². The van der Waals surface area contributed by atoms with Crippen LogP contribution in [0, 0.1) is 0 Å². The molecule has 154 valence electrons. The molecule has 6 heteroatoms. The normalized spacial score (nSPS) is 13.3. The van der Waals surface area contributed by atoms with E-state index in [1.54, 1.807) is 69.3 Å². The number of benzene rings is 2. The van der Waals surface area contributed by atoms with Gasteiger partial charge in [0.2, 0.25) is 10.7 Å². The van der Waals surface area contributed by atoms with E-state index >= 15 is 0 Å². The highest BCUT2D eigenvalue weighted by Crippen LogP contribution is 2.27. The minimum atomic E-state index is -1.76. The fraction of sp³-hybridized carbons (Fsp3) is 0.348. The topological polar surface area (TPSA) is 69.7 Å². The van der Waals surface area contributed by atoms with E-state index in [1.165, 1.54) is 6.92 Å². The van der Waals surface area contributed by atoms with E-state index in [2.05, 4.69) is 0 Å². The lowest BCUT2D eigenvalue weighted by atomic mass is 9.94. The number of carbonyl (C=O) groups excluding carboxylic acids is 3. The van der Waals surface area contributed by atoms with Crippen LogP contribution in [0.3, 0.4) is 0 Å². The summed E-state index contributed by atoms with van der Waals surface area (Å²) in [5.41, 5.74) is 0.170. The van der Waals surface area contributed by atoms with Gasteiger partial charge >= 0.3 is 5.97 Å². The molecule has 5 nitrogen and oxygen atoms in total. The first-order chi connectivity index (χ1) is 13.6. The lowest BCUT2D eigenvalue weighted by molar-refractivity contribution is -0.149. The Morgan fingerprint density at radius 1 is 0.966 bits per heavy atom. The van der Waals surface area contributed by atoms with Crippen LogP contribution in [-0.2, 0) is 20.7 Å². The molecule has 2 rings (SSSR count). The summed E-state index contributed by atoms with van der Waals surface area (Å²) in [6.07, 6.45) is -0.00462. The average Bonchev–Trinajstić information content (AvgIpc) is 2.69. The van der Waals surface area contributed by atoms with Crippen molar-refractivity contribution in [3.8, 4) is 5.75 Å². The summed E-state index contributed by atoms with van der Waals surface area (Å²) in [6, 6.07) is 15.7. The number of ketones is 2. The lowest BCUT2D eigenvalue weighted by Gasteiger charge is -2.25. The quantitative estimate of drug-likeness (QED) is 0.262. The molecule has 0 saturated carbocycles. The predicted molar refractivity (Wildman–Crippen MR) is 112 cm³/mol. The summed E-state index contributed by atoms with van der Waals surface area (Å²) in [6.45, 7) is 6.46. The number of rotatable bonds is 9. The first-order valence-electron chi connectivity index (χ1n) is 9.35. The van der Waals surface area contributed by atoms with E-state index in [0.29, 0.717) is 16.9 Å². The van der Waals surface area contributed by atoms with Gasteiger partial charge in [-0.1, -0.05) is 54.1 Å².